The second kappa shape index (κ2) is 12.1. The van der Waals surface area contributed by atoms with E-state index < -0.39 is 29.4 Å². The third-order valence-electron chi connectivity index (χ3n) is 9.04. The summed E-state index contributed by atoms with van der Waals surface area (Å²) in [6.45, 7) is 13.0. The van der Waals surface area contributed by atoms with E-state index in [1.165, 1.54) is 16.2 Å². The van der Waals surface area contributed by atoms with Crippen molar-refractivity contribution in [2.24, 2.45) is 22.2 Å². The molecule has 0 radical (unpaired) electrons. The summed E-state index contributed by atoms with van der Waals surface area (Å²) in [6.07, 6.45) is -6.20. The molecule has 1 aliphatic heterocycles. The number of allylic oxidation sites excluding steroid dienone is 2. The normalized spacial score (nSPS) is 21.3. The molecule has 0 aromatic heterocycles. The fourth-order valence-electron chi connectivity index (χ4n) is 6.66. The Morgan fingerprint density at radius 1 is 1.07 bits per heavy atom. The molecular formula is C33H41F6N5. The summed E-state index contributed by atoms with van der Waals surface area (Å²) >= 11 is 0. The van der Waals surface area contributed by atoms with Crippen LogP contribution in [0.5, 0.6) is 0 Å². The van der Waals surface area contributed by atoms with Crippen LogP contribution in [-0.4, -0.2) is 35.4 Å². The average molecular weight is 622 g/mol. The molecule has 0 amide bonds. The summed E-state index contributed by atoms with van der Waals surface area (Å²) in [5.74, 6) is 11.5. The smallest absolute Gasteiger partial charge is 0.368 e. The Hall–Kier alpha value is -3.47. The molecule has 1 aliphatic carbocycles. The van der Waals surface area contributed by atoms with E-state index in [4.69, 9.17) is 11.7 Å². The minimum atomic E-state index is -4.90. The Kier molecular flexibility index (Phi) is 9.22. The largest absolute Gasteiger partial charge is 0.416 e. The van der Waals surface area contributed by atoms with Crippen molar-refractivity contribution in [3.05, 3.63) is 87.6 Å². The lowest BCUT2D eigenvalue weighted by Gasteiger charge is -2.37. The third-order valence-corrected chi connectivity index (χ3v) is 9.04. The van der Waals surface area contributed by atoms with Gasteiger partial charge in [-0.1, -0.05) is 39.5 Å². The van der Waals surface area contributed by atoms with Gasteiger partial charge < -0.3 is 10.7 Å². The summed E-state index contributed by atoms with van der Waals surface area (Å²) in [5, 5.41) is 5.22. The lowest BCUT2D eigenvalue weighted by Crippen LogP contribution is -2.35. The molecule has 11 heteroatoms. The van der Waals surface area contributed by atoms with Gasteiger partial charge in [-0.25, -0.2) is 5.84 Å². The Morgan fingerprint density at radius 2 is 1.68 bits per heavy atom. The number of nitrogens with zero attached hydrogens (tertiary/aromatic N) is 3. The molecule has 1 fully saturated rings. The van der Waals surface area contributed by atoms with Gasteiger partial charge in [-0.2, -0.15) is 31.4 Å². The summed E-state index contributed by atoms with van der Waals surface area (Å²) in [6, 6.07) is 7.54. The minimum Gasteiger partial charge on any atom is -0.368 e. The molecule has 1 saturated heterocycles. The van der Waals surface area contributed by atoms with Crippen LogP contribution in [-0.2, 0) is 18.8 Å². The van der Waals surface area contributed by atoms with E-state index in [0.717, 1.165) is 54.5 Å². The number of hydrogen-bond acceptors (Lipinski definition) is 4. The maximum atomic E-state index is 13.6. The fourth-order valence-corrected chi connectivity index (χ4v) is 6.66. The van der Waals surface area contributed by atoms with Crippen LogP contribution in [0.4, 0.5) is 26.3 Å². The SMILES string of the molecule is C=C1CC(c2cc(C(F)(F)F)cc(C(F)(F)F)c2)C(C)N1CC1=C(c2cc(/C(=N/N)N(C)N)ccc2CC)CCC(C)(C)C1. The molecule has 1 heterocycles. The maximum absolute atomic E-state index is 13.6. The van der Waals surface area contributed by atoms with Crippen LogP contribution in [0.1, 0.15) is 92.7 Å². The molecule has 2 aromatic rings. The molecule has 0 saturated carbocycles. The molecule has 4 rings (SSSR count). The van der Waals surface area contributed by atoms with E-state index in [1.807, 2.05) is 30.0 Å². The number of nitrogens with two attached hydrogens (primary N) is 2. The molecule has 2 unspecified atom stereocenters. The first-order valence-corrected chi connectivity index (χ1v) is 14.7. The van der Waals surface area contributed by atoms with E-state index >= 15 is 0 Å². The lowest BCUT2D eigenvalue weighted by atomic mass is 9.72. The quantitative estimate of drug-likeness (QED) is 0.113. The van der Waals surface area contributed by atoms with E-state index in [2.05, 4.69) is 32.5 Å². The highest BCUT2D eigenvalue weighted by molar-refractivity contribution is 5.99. The van der Waals surface area contributed by atoms with Crippen LogP contribution in [0.2, 0.25) is 0 Å². The number of halogens is 6. The van der Waals surface area contributed by atoms with Gasteiger partial charge in [-0.05, 0) is 96.5 Å². The third kappa shape index (κ3) is 6.92. The minimum absolute atomic E-state index is 0.0104. The molecule has 4 N–H and O–H groups in total. The monoisotopic (exact) mass is 621 g/mol. The maximum Gasteiger partial charge on any atom is 0.416 e. The number of amidine groups is 1. The predicted molar refractivity (Wildman–Crippen MR) is 162 cm³/mol. The van der Waals surface area contributed by atoms with Crippen LogP contribution in [0.3, 0.4) is 0 Å². The van der Waals surface area contributed by atoms with Crippen molar-refractivity contribution in [2.45, 2.75) is 84.1 Å². The Bertz CT molecular complexity index is 1440. The number of hydrazine groups is 1. The van der Waals surface area contributed by atoms with Crippen molar-refractivity contribution in [3.8, 4) is 0 Å². The number of alkyl halides is 6. The van der Waals surface area contributed by atoms with Gasteiger partial charge in [0.25, 0.3) is 0 Å². The van der Waals surface area contributed by atoms with Crippen LogP contribution >= 0.6 is 0 Å². The topological polar surface area (TPSA) is 70.9 Å². The van der Waals surface area contributed by atoms with E-state index in [-0.39, 0.29) is 29.5 Å². The number of hydrazone groups is 1. The standard InChI is InChI=1S/C33H41F6N5/c1-7-21-8-9-22(30(42-40)43(6)41)15-29(21)27-10-11-31(4,5)17-24(27)18-44-19(2)12-28(20(44)3)23-13-25(32(34,35)36)16-26(14-23)33(37,38)39/h8-9,13-16,20,28H,2,7,10-12,17-18,40-41H2,1,3-6H3/b42-30-. The zero-order valence-corrected chi connectivity index (χ0v) is 25.8. The van der Waals surface area contributed by atoms with Crippen molar-refractivity contribution in [1.82, 2.24) is 9.91 Å². The molecule has 0 spiro atoms. The highest BCUT2D eigenvalue weighted by Crippen LogP contribution is 2.47. The van der Waals surface area contributed by atoms with Crippen molar-refractivity contribution in [1.29, 1.82) is 0 Å². The van der Waals surface area contributed by atoms with E-state index in [9.17, 15) is 26.3 Å². The van der Waals surface area contributed by atoms with E-state index in [0.29, 0.717) is 18.1 Å². The average Bonchev–Trinajstić information content (AvgIpc) is 3.20. The lowest BCUT2D eigenvalue weighted by molar-refractivity contribution is -0.143. The van der Waals surface area contributed by atoms with Crippen molar-refractivity contribution in [3.63, 3.8) is 0 Å². The molecule has 2 aliphatic rings. The van der Waals surface area contributed by atoms with Crippen LogP contribution in [0.15, 0.2) is 59.3 Å². The predicted octanol–water partition coefficient (Wildman–Crippen LogP) is 8.07. The highest BCUT2D eigenvalue weighted by atomic mass is 19.4. The van der Waals surface area contributed by atoms with Gasteiger partial charge in [0.1, 0.15) is 0 Å². The van der Waals surface area contributed by atoms with Gasteiger partial charge in [0.05, 0.1) is 11.1 Å². The van der Waals surface area contributed by atoms with Crippen LogP contribution in [0, 0.1) is 5.41 Å². The van der Waals surface area contributed by atoms with Gasteiger partial charge in [0, 0.05) is 36.8 Å². The number of rotatable bonds is 6. The molecule has 2 atom stereocenters. The Morgan fingerprint density at radius 3 is 2.20 bits per heavy atom. The second-order valence-corrected chi connectivity index (χ2v) is 12.8. The van der Waals surface area contributed by atoms with Gasteiger partial charge in [0.2, 0.25) is 0 Å². The molecule has 240 valence electrons. The van der Waals surface area contributed by atoms with Crippen LogP contribution < -0.4 is 11.7 Å². The molecule has 5 nitrogen and oxygen atoms in total. The molecule has 0 bridgehead atoms. The van der Waals surface area contributed by atoms with Crippen LogP contribution in [0.25, 0.3) is 5.57 Å². The summed E-state index contributed by atoms with van der Waals surface area (Å²) in [7, 11) is 1.66. The first-order chi connectivity index (χ1) is 20.4. The Labute approximate surface area is 255 Å². The zero-order chi connectivity index (χ0) is 32.8. The first kappa shape index (κ1) is 33.4. The molecule has 2 aromatic carbocycles. The fraction of sp³-hybridized carbons (Fsp3) is 0.485. The van der Waals surface area contributed by atoms with Crippen molar-refractivity contribution in [2.75, 3.05) is 13.6 Å². The zero-order valence-electron chi connectivity index (χ0n) is 25.8. The molecule has 44 heavy (non-hydrogen) atoms. The van der Waals surface area contributed by atoms with E-state index in [1.54, 1.807) is 7.05 Å². The highest BCUT2D eigenvalue weighted by Gasteiger charge is 2.41. The number of likely N-dealkylation sites (tertiary alicyclic amines) is 1. The summed E-state index contributed by atoms with van der Waals surface area (Å²) in [4.78, 5) is 2.05. The van der Waals surface area contributed by atoms with Gasteiger partial charge in [-0.3, -0.25) is 5.01 Å². The van der Waals surface area contributed by atoms with Gasteiger partial charge in [0.15, 0.2) is 5.84 Å². The van der Waals surface area contributed by atoms with Crippen molar-refractivity contribution >= 4 is 11.4 Å². The Balaban J connectivity index is 1.77. The van der Waals surface area contributed by atoms with Gasteiger partial charge >= 0.3 is 12.4 Å². The number of benzene rings is 2. The number of hydrogen-bond donors (Lipinski definition) is 2. The number of aryl methyl sites for hydroxylation is 1. The molecular weight excluding hydrogens is 580 g/mol. The summed E-state index contributed by atoms with van der Waals surface area (Å²) in [5.41, 5.74) is 3.46. The second-order valence-electron chi connectivity index (χ2n) is 12.8. The van der Waals surface area contributed by atoms with Gasteiger partial charge in [-0.15, -0.1) is 0 Å². The first-order valence-electron chi connectivity index (χ1n) is 14.7. The summed E-state index contributed by atoms with van der Waals surface area (Å²) < 4.78 is 81.8. The van der Waals surface area contributed by atoms with Crippen molar-refractivity contribution < 1.29 is 26.3 Å².